The summed E-state index contributed by atoms with van der Waals surface area (Å²) in [5.74, 6) is -0.725. The van der Waals surface area contributed by atoms with Crippen molar-refractivity contribution in [3.05, 3.63) is 40.0 Å². The van der Waals surface area contributed by atoms with Gasteiger partial charge in [0.2, 0.25) is 0 Å². The van der Waals surface area contributed by atoms with E-state index in [1.807, 2.05) is 13.0 Å². The highest BCUT2D eigenvalue weighted by molar-refractivity contribution is 7.18. The van der Waals surface area contributed by atoms with Crippen LogP contribution in [0.1, 0.15) is 27.7 Å². The summed E-state index contributed by atoms with van der Waals surface area (Å²) in [6.45, 7) is 3.66. The van der Waals surface area contributed by atoms with E-state index >= 15 is 0 Å². The SMILES string of the molecule is CCc1c(-c2ccc(C)c(F)c2)sc(C(=O)OC)c1N. The molecular weight excluding hydrogens is 277 g/mol. The van der Waals surface area contributed by atoms with Gasteiger partial charge in [-0.2, -0.15) is 0 Å². The number of nitrogen functional groups attached to an aromatic ring is 1. The average molecular weight is 293 g/mol. The Bertz CT molecular complexity index is 664. The maximum absolute atomic E-state index is 13.7. The van der Waals surface area contributed by atoms with Crippen molar-refractivity contribution in [3.8, 4) is 10.4 Å². The Morgan fingerprint density at radius 1 is 1.45 bits per heavy atom. The molecule has 20 heavy (non-hydrogen) atoms. The van der Waals surface area contributed by atoms with Crippen molar-refractivity contribution in [3.63, 3.8) is 0 Å². The maximum Gasteiger partial charge on any atom is 0.350 e. The normalized spacial score (nSPS) is 10.6. The number of anilines is 1. The Morgan fingerprint density at radius 2 is 2.15 bits per heavy atom. The molecule has 0 aliphatic rings. The number of methoxy groups -OCH3 is 1. The highest BCUT2D eigenvalue weighted by Crippen LogP contribution is 2.39. The Kier molecular flexibility index (Phi) is 4.09. The summed E-state index contributed by atoms with van der Waals surface area (Å²) in [6.07, 6.45) is 0.671. The molecule has 1 aromatic carbocycles. The van der Waals surface area contributed by atoms with Crippen LogP contribution in [-0.4, -0.2) is 13.1 Å². The standard InChI is InChI=1S/C15H16FNO2S/c1-4-10-12(17)14(15(18)19-3)20-13(10)9-6-5-8(2)11(16)7-9/h5-7H,4,17H2,1-3H3. The third kappa shape index (κ3) is 2.41. The lowest BCUT2D eigenvalue weighted by Gasteiger charge is -2.04. The number of thiophene rings is 1. The summed E-state index contributed by atoms with van der Waals surface area (Å²) in [5, 5.41) is 0. The highest BCUT2D eigenvalue weighted by Gasteiger charge is 2.21. The van der Waals surface area contributed by atoms with E-state index in [1.165, 1.54) is 24.5 Å². The van der Waals surface area contributed by atoms with Gasteiger partial charge in [-0.1, -0.05) is 19.1 Å². The molecule has 0 spiro atoms. The zero-order valence-electron chi connectivity index (χ0n) is 11.6. The van der Waals surface area contributed by atoms with Gasteiger partial charge in [0.15, 0.2) is 0 Å². The molecule has 0 radical (unpaired) electrons. The van der Waals surface area contributed by atoms with Crippen LogP contribution in [0.5, 0.6) is 0 Å². The van der Waals surface area contributed by atoms with Crippen molar-refractivity contribution >= 4 is 23.0 Å². The summed E-state index contributed by atoms with van der Waals surface area (Å²) < 4.78 is 18.4. The van der Waals surface area contributed by atoms with Crippen LogP contribution in [0.4, 0.5) is 10.1 Å². The summed E-state index contributed by atoms with van der Waals surface area (Å²) in [4.78, 5) is 12.9. The summed E-state index contributed by atoms with van der Waals surface area (Å²) in [5.41, 5.74) is 8.62. The molecule has 0 fully saturated rings. The smallest absolute Gasteiger partial charge is 0.350 e. The Hall–Kier alpha value is -1.88. The molecule has 0 aliphatic heterocycles. The molecule has 0 unspecified atom stereocenters. The number of carbonyl (C=O) groups is 1. The fourth-order valence-electron chi connectivity index (χ4n) is 2.04. The molecule has 2 rings (SSSR count). The van der Waals surface area contributed by atoms with E-state index in [2.05, 4.69) is 0 Å². The Labute approximate surface area is 121 Å². The van der Waals surface area contributed by atoms with Crippen molar-refractivity contribution in [1.29, 1.82) is 0 Å². The number of halogens is 1. The number of carbonyl (C=O) groups excluding carboxylic acids is 1. The Balaban J connectivity index is 2.61. The van der Waals surface area contributed by atoms with Crippen LogP contribution in [0.15, 0.2) is 18.2 Å². The number of benzene rings is 1. The number of ether oxygens (including phenoxy) is 1. The van der Waals surface area contributed by atoms with Gasteiger partial charge < -0.3 is 10.5 Å². The first-order valence-electron chi connectivity index (χ1n) is 6.25. The minimum absolute atomic E-state index is 0.267. The molecule has 5 heteroatoms. The second-order valence-corrected chi connectivity index (χ2v) is 5.48. The summed E-state index contributed by atoms with van der Waals surface area (Å²) in [6, 6.07) is 5.03. The molecule has 0 saturated carbocycles. The lowest BCUT2D eigenvalue weighted by atomic mass is 10.0. The average Bonchev–Trinajstić information content (AvgIpc) is 2.78. The molecular formula is C15H16FNO2S. The van der Waals surface area contributed by atoms with Gasteiger partial charge in [-0.15, -0.1) is 11.3 Å². The van der Waals surface area contributed by atoms with Gasteiger partial charge in [-0.05, 0) is 36.1 Å². The maximum atomic E-state index is 13.7. The van der Waals surface area contributed by atoms with Crippen LogP contribution >= 0.6 is 11.3 Å². The molecule has 1 aromatic heterocycles. The van der Waals surface area contributed by atoms with Crippen LogP contribution in [0, 0.1) is 12.7 Å². The van der Waals surface area contributed by atoms with E-state index in [1.54, 1.807) is 13.0 Å². The lowest BCUT2D eigenvalue weighted by Crippen LogP contribution is -2.02. The number of rotatable bonds is 3. The van der Waals surface area contributed by atoms with Gasteiger partial charge in [-0.3, -0.25) is 0 Å². The van der Waals surface area contributed by atoms with Gasteiger partial charge in [0.1, 0.15) is 10.7 Å². The molecule has 0 atom stereocenters. The Morgan fingerprint density at radius 3 is 2.70 bits per heavy atom. The topological polar surface area (TPSA) is 52.3 Å². The highest BCUT2D eigenvalue weighted by atomic mass is 32.1. The van der Waals surface area contributed by atoms with Crippen molar-refractivity contribution < 1.29 is 13.9 Å². The monoisotopic (exact) mass is 293 g/mol. The summed E-state index contributed by atoms with van der Waals surface area (Å²) in [7, 11) is 1.32. The first-order valence-corrected chi connectivity index (χ1v) is 7.07. The molecule has 0 saturated heterocycles. The second kappa shape index (κ2) is 5.63. The van der Waals surface area contributed by atoms with Gasteiger partial charge in [-0.25, -0.2) is 9.18 Å². The zero-order valence-corrected chi connectivity index (χ0v) is 12.4. The fraction of sp³-hybridized carbons (Fsp3) is 0.267. The van der Waals surface area contributed by atoms with E-state index in [4.69, 9.17) is 10.5 Å². The predicted octanol–water partition coefficient (Wildman–Crippen LogP) is 3.79. The van der Waals surface area contributed by atoms with E-state index in [9.17, 15) is 9.18 Å². The number of nitrogens with two attached hydrogens (primary N) is 1. The molecule has 0 amide bonds. The number of hydrogen-bond donors (Lipinski definition) is 1. The van der Waals surface area contributed by atoms with Crippen LogP contribution in [0.2, 0.25) is 0 Å². The van der Waals surface area contributed by atoms with Crippen LogP contribution < -0.4 is 5.73 Å². The zero-order chi connectivity index (χ0) is 14.9. The van der Waals surface area contributed by atoms with Crippen molar-refractivity contribution in [2.75, 3.05) is 12.8 Å². The lowest BCUT2D eigenvalue weighted by molar-refractivity contribution is 0.0607. The van der Waals surface area contributed by atoms with Crippen LogP contribution in [-0.2, 0) is 11.2 Å². The molecule has 0 aliphatic carbocycles. The van der Waals surface area contributed by atoms with Crippen LogP contribution in [0.3, 0.4) is 0 Å². The van der Waals surface area contributed by atoms with Gasteiger partial charge in [0, 0.05) is 4.88 Å². The molecule has 3 nitrogen and oxygen atoms in total. The fourth-order valence-corrected chi connectivity index (χ4v) is 3.27. The van der Waals surface area contributed by atoms with E-state index in [0.29, 0.717) is 22.5 Å². The van der Waals surface area contributed by atoms with E-state index < -0.39 is 5.97 Å². The third-order valence-corrected chi connectivity index (χ3v) is 4.48. The minimum Gasteiger partial charge on any atom is -0.465 e. The molecule has 0 bridgehead atoms. The molecule has 2 aromatic rings. The predicted molar refractivity (Wildman–Crippen MR) is 79.6 cm³/mol. The van der Waals surface area contributed by atoms with E-state index in [0.717, 1.165) is 16.0 Å². The third-order valence-electron chi connectivity index (χ3n) is 3.21. The minimum atomic E-state index is -0.457. The number of aryl methyl sites for hydroxylation is 1. The largest absolute Gasteiger partial charge is 0.465 e. The van der Waals surface area contributed by atoms with Gasteiger partial charge in [0.25, 0.3) is 0 Å². The van der Waals surface area contributed by atoms with E-state index in [-0.39, 0.29) is 5.82 Å². The molecule has 106 valence electrons. The van der Waals surface area contributed by atoms with Gasteiger partial charge in [0.05, 0.1) is 12.8 Å². The summed E-state index contributed by atoms with van der Waals surface area (Å²) >= 11 is 1.24. The molecule has 1 heterocycles. The quantitative estimate of drug-likeness (QED) is 0.876. The molecule has 2 N–H and O–H groups in total. The van der Waals surface area contributed by atoms with Crippen LogP contribution in [0.25, 0.3) is 10.4 Å². The number of esters is 1. The van der Waals surface area contributed by atoms with Crippen molar-refractivity contribution in [1.82, 2.24) is 0 Å². The van der Waals surface area contributed by atoms with Gasteiger partial charge >= 0.3 is 5.97 Å². The first-order chi connectivity index (χ1) is 9.49. The van der Waals surface area contributed by atoms with Crippen molar-refractivity contribution in [2.24, 2.45) is 0 Å². The number of hydrogen-bond acceptors (Lipinski definition) is 4. The second-order valence-electron chi connectivity index (χ2n) is 4.46. The first kappa shape index (κ1) is 14.5. The van der Waals surface area contributed by atoms with Crippen molar-refractivity contribution in [2.45, 2.75) is 20.3 Å².